The molecule has 0 radical (unpaired) electrons. The summed E-state index contributed by atoms with van der Waals surface area (Å²) in [5.41, 5.74) is 0.800. The molecule has 2 aromatic heterocycles. The second-order valence-electron chi connectivity index (χ2n) is 5.81. The van der Waals surface area contributed by atoms with Gasteiger partial charge in [-0.05, 0) is 31.9 Å². The van der Waals surface area contributed by atoms with Crippen LogP contribution in [-0.4, -0.2) is 44.3 Å². The minimum absolute atomic E-state index is 0.0534. The van der Waals surface area contributed by atoms with E-state index in [2.05, 4.69) is 15.4 Å². The fraction of sp³-hybridized carbons (Fsp3) is 0.375. The number of piperidine rings is 1. The number of anilines is 2. The van der Waals surface area contributed by atoms with E-state index >= 15 is 0 Å². The minimum Gasteiger partial charge on any atom is -0.477 e. The zero-order valence-corrected chi connectivity index (χ0v) is 13.6. The van der Waals surface area contributed by atoms with Gasteiger partial charge in [-0.1, -0.05) is 6.07 Å². The molecule has 1 aliphatic rings. The molecule has 126 valence electrons. The van der Waals surface area contributed by atoms with Gasteiger partial charge in [-0.15, -0.1) is 0 Å². The number of rotatable bonds is 4. The fourth-order valence-electron chi connectivity index (χ4n) is 2.90. The number of aromatic nitrogens is 3. The Bertz CT molecular complexity index is 786. The van der Waals surface area contributed by atoms with Gasteiger partial charge in [0.25, 0.3) is 5.91 Å². The van der Waals surface area contributed by atoms with Gasteiger partial charge in [0.05, 0.1) is 5.69 Å². The molecule has 1 amide bonds. The first-order valence-electron chi connectivity index (χ1n) is 7.74. The normalized spacial score (nSPS) is 17.8. The number of hydrogen-bond donors (Lipinski definition) is 2. The molecule has 0 aliphatic carbocycles. The molecule has 0 bridgehead atoms. The van der Waals surface area contributed by atoms with E-state index in [9.17, 15) is 9.59 Å². The van der Waals surface area contributed by atoms with E-state index in [1.165, 1.54) is 6.07 Å². The summed E-state index contributed by atoms with van der Waals surface area (Å²) in [6, 6.07) is 6.12. The maximum atomic E-state index is 12.8. The molecule has 24 heavy (non-hydrogen) atoms. The summed E-state index contributed by atoms with van der Waals surface area (Å²) in [5.74, 6) is -0.0140. The molecule has 0 spiro atoms. The van der Waals surface area contributed by atoms with E-state index in [-0.39, 0.29) is 11.6 Å². The first-order chi connectivity index (χ1) is 11.5. The smallest absolute Gasteiger partial charge is 0.354 e. The Balaban J connectivity index is 1.79. The lowest BCUT2D eigenvalue weighted by molar-refractivity contribution is -0.120. The molecule has 1 aliphatic heterocycles. The SMILES string of the molecule is Cc1cc(N2CCCC(Nc3cccc(C(=O)O)n3)C2=O)n(C)n1. The average molecular weight is 329 g/mol. The summed E-state index contributed by atoms with van der Waals surface area (Å²) >= 11 is 0. The third-order valence-electron chi connectivity index (χ3n) is 3.98. The number of hydrogen-bond acceptors (Lipinski definition) is 5. The molecule has 2 aromatic rings. The van der Waals surface area contributed by atoms with Crippen LogP contribution >= 0.6 is 0 Å². The van der Waals surface area contributed by atoms with Crippen molar-refractivity contribution in [1.82, 2.24) is 14.8 Å². The number of amides is 1. The van der Waals surface area contributed by atoms with Crippen LogP contribution in [0, 0.1) is 6.92 Å². The molecule has 1 fully saturated rings. The van der Waals surface area contributed by atoms with Crippen molar-refractivity contribution in [3.8, 4) is 0 Å². The molecular weight excluding hydrogens is 310 g/mol. The number of nitrogens with one attached hydrogen (secondary N) is 1. The van der Waals surface area contributed by atoms with Gasteiger partial charge < -0.3 is 10.4 Å². The van der Waals surface area contributed by atoms with Crippen molar-refractivity contribution in [2.75, 3.05) is 16.8 Å². The Morgan fingerprint density at radius 3 is 2.88 bits per heavy atom. The highest BCUT2D eigenvalue weighted by atomic mass is 16.4. The molecule has 8 nitrogen and oxygen atoms in total. The van der Waals surface area contributed by atoms with Crippen LogP contribution < -0.4 is 10.2 Å². The monoisotopic (exact) mass is 329 g/mol. The fourth-order valence-corrected chi connectivity index (χ4v) is 2.90. The molecule has 8 heteroatoms. The highest BCUT2D eigenvalue weighted by Crippen LogP contribution is 2.23. The molecular formula is C16H19N5O3. The number of carboxylic acid groups (broad SMARTS) is 1. The van der Waals surface area contributed by atoms with Gasteiger partial charge in [0, 0.05) is 19.7 Å². The number of carboxylic acids is 1. The van der Waals surface area contributed by atoms with E-state index in [1.807, 2.05) is 20.0 Å². The van der Waals surface area contributed by atoms with Crippen LogP contribution in [0.25, 0.3) is 0 Å². The highest BCUT2D eigenvalue weighted by Gasteiger charge is 2.31. The Labute approximate surface area is 139 Å². The van der Waals surface area contributed by atoms with Crippen molar-refractivity contribution < 1.29 is 14.7 Å². The predicted molar refractivity (Wildman–Crippen MR) is 88.1 cm³/mol. The first-order valence-corrected chi connectivity index (χ1v) is 7.74. The third-order valence-corrected chi connectivity index (χ3v) is 3.98. The van der Waals surface area contributed by atoms with Gasteiger partial charge >= 0.3 is 5.97 Å². The van der Waals surface area contributed by atoms with Crippen molar-refractivity contribution in [2.24, 2.45) is 7.05 Å². The van der Waals surface area contributed by atoms with Gasteiger partial charge in [-0.2, -0.15) is 5.10 Å². The molecule has 3 heterocycles. The first kappa shape index (κ1) is 16.0. The lowest BCUT2D eigenvalue weighted by Gasteiger charge is -2.32. The molecule has 1 saturated heterocycles. The van der Waals surface area contributed by atoms with Gasteiger partial charge in [0.1, 0.15) is 17.7 Å². The van der Waals surface area contributed by atoms with Crippen molar-refractivity contribution in [2.45, 2.75) is 25.8 Å². The van der Waals surface area contributed by atoms with Crippen LogP contribution in [0.3, 0.4) is 0 Å². The summed E-state index contributed by atoms with van der Waals surface area (Å²) < 4.78 is 1.69. The number of nitrogens with zero attached hydrogens (tertiary/aromatic N) is 4. The van der Waals surface area contributed by atoms with Crippen LogP contribution in [0.4, 0.5) is 11.6 Å². The zero-order valence-electron chi connectivity index (χ0n) is 13.6. The number of aryl methyl sites for hydroxylation is 2. The zero-order chi connectivity index (χ0) is 17.3. The molecule has 1 unspecified atom stereocenters. The van der Waals surface area contributed by atoms with Crippen molar-refractivity contribution in [3.05, 3.63) is 35.7 Å². The van der Waals surface area contributed by atoms with E-state index in [4.69, 9.17) is 5.11 Å². The molecule has 3 rings (SSSR count). The van der Waals surface area contributed by atoms with Crippen LogP contribution in [-0.2, 0) is 11.8 Å². The number of aromatic carboxylic acids is 1. The Morgan fingerprint density at radius 1 is 1.42 bits per heavy atom. The van der Waals surface area contributed by atoms with Gasteiger partial charge in [-0.25, -0.2) is 9.78 Å². The van der Waals surface area contributed by atoms with E-state index in [1.54, 1.807) is 21.7 Å². The van der Waals surface area contributed by atoms with Gasteiger partial charge in [0.2, 0.25) is 0 Å². The summed E-state index contributed by atoms with van der Waals surface area (Å²) in [6.45, 7) is 2.52. The van der Waals surface area contributed by atoms with Crippen molar-refractivity contribution in [3.63, 3.8) is 0 Å². The maximum Gasteiger partial charge on any atom is 0.354 e. The predicted octanol–water partition coefficient (Wildman–Crippen LogP) is 1.43. The largest absolute Gasteiger partial charge is 0.477 e. The van der Waals surface area contributed by atoms with Gasteiger partial charge in [-0.3, -0.25) is 14.4 Å². The summed E-state index contributed by atoms with van der Waals surface area (Å²) in [4.78, 5) is 29.5. The van der Waals surface area contributed by atoms with Crippen LogP contribution in [0.5, 0.6) is 0 Å². The van der Waals surface area contributed by atoms with Crippen LogP contribution in [0.2, 0.25) is 0 Å². The summed E-state index contributed by atoms with van der Waals surface area (Å²) in [7, 11) is 1.81. The highest BCUT2D eigenvalue weighted by molar-refractivity contribution is 5.98. The number of pyridine rings is 1. The topological polar surface area (TPSA) is 100 Å². The summed E-state index contributed by atoms with van der Waals surface area (Å²) in [6.07, 6.45) is 1.51. The average Bonchev–Trinajstić information content (AvgIpc) is 2.88. The Hall–Kier alpha value is -2.90. The van der Waals surface area contributed by atoms with Gasteiger partial charge in [0.15, 0.2) is 5.69 Å². The van der Waals surface area contributed by atoms with Crippen LogP contribution in [0.1, 0.15) is 29.0 Å². The van der Waals surface area contributed by atoms with Crippen molar-refractivity contribution >= 4 is 23.5 Å². The van der Waals surface area contributed by atoms with Crippen LogP contribution in [0.15, 0.2) is 24.3 Å². The molecule has 2 N–H and O–H groups in total. The summed E-state index contributed by atoms with van der Waals surface area (Å²) in [5, 5.41) is 16.4. The molecule has 0 aromatic carbocycles. The second kappa shape index (κ2) is 6.31. The molecule has 0 saturated carbocycles. The van der Waals surface area contributed by atoms with E-state index in [0.29, 0.717) is 18.8 Å². The number of carbonyl (C=O) groups is 2. The van der Waals surface area contributed by atoms with E-state index < -0.39 is 12.0 Å². The maximum absolute atomic E-state index is 12.8. The lowest BCUT2D eigenvalue weighted by atomic mass is 10.0. The standard InChI is InChI=1S/C16H19N5O3/c1-10-9-14(20(2)19-10)21-8-4-6-11(15(21)22)17-13-7-3-5-12(18-13)16(23)24/h3,5,7,9,11H,4,6,8H2,1-2H3,(H,17,18)(H,23,24). The quantitative estimate of drug-likeness (QED) is 0.880. The lowest BCUT2D eigenvalue weighted by Crippen LogP contribution is -2.48. The second-order valence-corrected chi connectivity index (χ2v) is 5.81. The Kier molecular flexibility index (Phi) is 4.20. The number of carbonyl (C=O) groups excluding carboxylic acids is 1. The Morgan fingerprint density at radius 2 is 2.21 bits per heavy atom. The van der Waals surface area contributed by atoms with Crippen molar-refractivity contribution in [1.29, 1.82) is 0 Å². The molecule has 1 atom stereocenters. The minimum atomic E-state index is -1.10. The van der Waals surface area contributed by atoms with E-state index in [0.717, 1.165) is 17.9 Å². The third kappa shape index (κ3) is 3.08.